The smallest absolute Gasteiger partial charge is 0.222 e. The van der Waals surface area contributed by atoms with Crippen LogP contribution in [0.5, 0.6) is 5.75 Å². The Bertz CT molecular complexity index is 1510. The number of hydrogen-bond donors (Lipinski definition) is 7. The highest BCUT2D eigenvalue weighted by molar-refractivity contribution is 5.75. The van der Waals surface area contributed by atoms with Crippen LogP contribution in [0, 0.1) is 11.7 Å². The maximum Gasteiger partial charge on any atom is 0.222 e. The molecule has 1 aliphatic rings. The highest BCUT2D eigenvalue weighted by Crippen LogP contribution is 2.49. The Morgan fingerprint density at radius 1 is 0.940 bits per heavy atom. The molecule has 272 valence electrons. The Morgan fingerprint density at radius 2 is 1.58 bits per heavy atom. The summed E-state index contributed by atoms with van der Waals surface area (Å²) in [5.74, 6) is -0.0465. The van der Waals surface area contributed by atoms with Gasteiger partial charge in [0.1, 0.15) is 42.2 Å². The van der Waals surface area contributed by atoms with E-state index in [1.165, 1.54) is 24.1 Å². The molecule has 3 aromatic rings. The maximum atomic E-state index is 13.6. The summed E-state index contributed by atoms with van der Waals surface area (Å²) in [6.45, 7) is -1.03. The third kappa shape index (κ3) is 9.88. The Hall–Kier alpha value is -3.88. The molecule has 1 amide bonds. The lowest BCUT2D eigenvalue weighted by Crippen LogP contribution is -2.58. The molecule has 7 N–H and O–H groups in total. The molecule has 0 aromatic heterocycles. The molecule has 0 radical (unpaired) electrons. The largest absolute Gasteiger partial charge is 0.497 e. The molecule has 1 heterocycles. The second-order valence-corrected chi connectivity index (χ2v) is 12.8. The Balaban J connectivity index is 1.24. The Labute approximate surface area is 292 Å². The third-order valence-corrected chi connectivity index (χ3v) is 9.33. The second-order valence-electron chi connectivity index (χ2n) is 12.8. The van der Waals surface area contributed by atoms with E-state index < -0.39 is 43.4 Å². The van der Waals surface area contributed by atoms with Crippen LogP contribution >= 0.6 is 0 Å². The van der Waals surface area contributed by atoms with Gasteiger partial charge in [-0.05, 0) is 78.8 Å². The van der Waals surface area contributed by atoms with Crippen LogP contribution in [0.1, 0.15) is 60.9 Å². The van der Waals surface area contributed by atoms with Crippen molar-refractivity contribution in [2.45, 2.75) is 74.9 Å². The number of benzene rings is 3. The van der Waals surface area contributed by atoms with Gasteiger partial charge in [-0.15, -0.1) is 0 Å². The average molecular weight is 697 g/mol. The number of rotatable bonds is 18. The summed E-state index contributed by atoms with van der Waals surface area (Å²) in [6, 6.07) is 21.1. The number of carbonyl (C=O) groups is 1. The minimum absolute atomic E-state index is 0.160. The van der Waals surface area contributed by atoms with Gasteiger partial charge in [0.2, 0.25) is 5.91 Å². The van der Waals surface area contributed by atoms with Crippen molar-refractivity contribution in [1.29, 1.82) is 0 Å². The summed E-state index contributed by atoms with van der Waals surface area (Å²) < 4.78 is 18.9. The van der Waals surface area contributed by atoms with Gasteiger partial charge in [-0.3, -0.25) is 4.79 Å². The van der Waals surface area contributed by atoms with Crippen LogP contribution in [0.2, 0.25) is 0 Å². The van der Waals surface area contributed by atoms with Crippen molar-refractivity contribution in [3.8, 4) is 5.75 Å². The monoisotopic (exact) mass is 696 g/mol. The van der Waals surface area contributed by atoms with Gasteiger partial charge in [0.15, 0.2) is 0 Å². The van der Waals surface area contributed by atoms with Crippen LogP contribution in [0.25, 0.3) is 6.08 Å². The van der Waals surface area contributed by atoms with Crippen LogP contribution in [-0.4, -0.2) is 105 Å². The van der Waals surface area contributed by atoms with Crippen LogP contribution in [0.15, 0.2) is 78.9 Å². The van der Waals surface area contributed by atoms with Crippen LogP contribution in [-0.2, 0) is 4.79 Å². The van der Waals surface area contributed by atoms with E-state index >= 15 is 0 Å². The molecule has 1 fully saturated rings. The quantitative estimate of drug-likeness (QED) is 0.0981. The zero-order valence-electron chi connectivity index (χ0n) is 28.4. The van der Waals surface area contributed by atoms with E-state index in [9.17, 15) is 39.8 Å². The number of carbonyl (C=O) groups excluding carboxylic acids is 1. The summed E-state index contributed by atoms with van der Waals surface area (Å²) in [5.41, 5.74) is 3.38. The zero-order chi connectivity index (χ0) is 36.4. The number of nitrogens with zero attached hydrogens (tertiary/aromatic N) is 2. The van der Waals surface area contributed by atoms with Crippen molar-refractivity contribution in [2.75, 3.05) is 32.2 Å². The van der Waals surface area contributed by atoms with Gasteiger partial charge in [-0.2, -0.15) is 0 Å². The van der Waals surface area contributed by atoms with E-state index in [0.717, 1.165) is 22.4 Å². The van der Waals surface area contributed by atoms with Crippen LogP contribution in [0.3, 0.4) is 0 Å². The Morgan fingerprint density at radius 3 is 2.20 bits per heavy atom. The molecule has 8 atom stereocenters. The molecule has 0 bridgehead atoms. The lowest BCUT2D eigenvalue weighted by Gasteiger charge is -2.54. The molecule has 50 heavy (non-hydrogen) atoms. The van der Waals surface area contributed by atoms with Gasteiger partial charge in [0.05, 0.1) is 25.9 Å². The fraction of sp³-hybridized carbons (Fsp3) is 0.447. The van der Waals surface area contributed by atoms with Gasteiger partial charge in [-0.1, -0.05) is 48.6 Å². The number of amides is 1. The molecule has 3 aromatic carbocycles. The maximum absolute atomic E-state index is 13.6. The van der Waals surface area contributed by atoms with Gasteiger partial charge in [0.25, 0.3) is 0 Å². The number of likely N-dealkylation sites (N-methyl/N-ethyl adjacent to an activating group) is 1. The van der Waals surface area contributed by atoms with Crippen molar-refractivity contribution < 1.29 is 49.7 Å². The normalized spacial score (nSPS) is 20.5. The fourth-order valence-electron chi connectivity index (χ4n) is 6.26. The fourth-order valence-corrected chi connectivity index (χ4v) is 6.26. The van der Waals surface area contributed by atoms with E-state index in [4.69, 9.17) is 9.84 Å². The molecular formula is C38H49FN2O9. The number of aliphatic hydroxyl groups is 7. The first-order valence-electron chi connectivity index (χ1n) is 16.8. The van der Waals surface area contributed by atoms with E-state index in [-0.39, 0.29) is 36.6 Å². The predicted molar refractivity (Wildman–Crippen MR) is 186 cm³/mol. The summed E-state index contributed by atoms with van der Waals surface area (Å²) in [5, 5.41) is 70.3. The number of unbranched alkanes of at least 4 members (excludes halogenated alkanes) is 1. The van der Waals surface area contributed by atoms with Crippen LogP contribution < -0.4 is 9.64 Å². The second kappa shape index (κ2) is 18.4. The molecule has 4 rings (SSSR count). The molecule has 8 unspecified atom stereocenters. The number of allylic oxidation sites excluding steroid dienone is 1. The first-order valence-corrected chi connectivity index (χ1v) is 16.8. The molecule has 0 spiro atoms. The number of methoxy groups -OCH3 is 1. The number of halogens is 1. The van der Waals surface area contributed by atoms with E-state index in [1.54, 1.807) is 19.2 Å². The summed E-state index contributed by atoms with van der Waals surface area (Å²) in [7, 11) is 3.07. The first kappa shape index (κ1) is 38.9. The number of aliphatic hydroxyl groups excluding tert-OH is 7. The van der Waals surface area contributed by atoms with E-state index in [0.29, 0.717) is 31.4 Å². The summed E-state index contributed by atoms with van der Waals surface area (Å²) in [4.78, 5) is 15.5. The zero-order valence-corrected chi connectivity index (χ0v) is 28.4. The number of anilines is 1. The SMILES string of the molecule is COc1ccc(C2C(CCC(O)c3ccc(/C=C/CCCC(=O)N(C)CC(O)C(O)C(O)C(O)CO)cc3)C(O)N2c2ccc(F)cc2)cc1. The van der Waals surface area contributed by atoms with Gasteiger partial charge < -0.3 is 50.3 Å². The van der Waals surface area contributed by atoms with Crippen LogP contribution in [0.4, 0.5) is 10.1 Å². The van der Waals surface area contributed by atoms with Crippen molar-refractivity contribution in [3.63, 3.8) is 0 Å². The van der Waals surface area contributed by atoms with Gasteiger partial charge >= 0.3 is 0 Å². The van der Waals surface area contributed by atoms with Gasteiger partial charge in [0, 0.05) is 31.6 Å². The molecule has 0 saturated carbocycles. The molecule has 0 aliphatic carbocycles. The van der Waals surface area contributed by atoms with Crippen molar-refractivity contribution in [3.05, 3.63) is 101 Å². The summed E-state index contributed by atoms with van der Waals surface area (Å²) >= 11 is 0. The standard InChI is InChI=1S/C38H49FN2O9/c1-40(22-32(44)36(47)37(48)33(45)23-42)34(46)7-5-3-4-6-24-8-10-25(11-9-24)31(43)21-20-30-35(26-12-18-29(50-2)19-13-26)41(38(30)49)28-16-14-27(39)15-17-28/h4,6,8-19,30-33,35-38,42-45,47-49H,3,5,7,20-23H2,1-2H3/b6-4+. The minimum atomic E-state index is -1.75. The topological polar surface area (TPSA) is 174 Å². The molecular weight excluding hydrogens is 647 g/mol. The highest BCUT2D eigenvalue weighted by atomic mass is 19.1. The highest BCUT2D eigenvalue weighted by Gasteiger charge is 2.48. The predicted octanol–water partition coefficient (Wildman–Crippen LogP) is 2.92. The van der Waals surface area contributed by atoms with Crippen molar-refractivity contribution in [1.82, 2.24) is 4.90 Å². The third-order valence-electron chi connectivity index (χ3n) is 9.33. The number of hydrogen-bond acceptors (Lipinski definition) is 10. The average Bonchev–Trinajstić information content (AvgIpc) is 3.13. The molecule has 11 nitrogen and oxygen atoms in total. The molecule has 1 aliphatic heterocycles. The lowest BCUT2D eigenvalue weighted by molar-refractivity contribution is -0.138. The number of ether oxygens (including phenoxy) is 1. The Kier molecular flexibility index (Phi) is 14.3. The van der Waals surface area contributed by atoms with E-state index in [2.05, 4.69) is 0 Å². The minimum Gasteiger partial charge on any atom is -0.497 e. The first-order chi connectivity index (χ1) is 23.9. The summed E-state index contributed by atoms with van der Waals surface area (Å²) in [6.07, 6.45) is -1.90. The van der Waals surface area contributed by atoms with E-state index in [1.807, 2.05) is 65.6 Å². The van der Waals surface area contributed by atoms with Crippen molar-refractivity contribution >= 4 is 17.7 Å². The molecule has 12 heteroatoms. The van der Waals surface area contributed by atoms with Gasteiger partial charge in [-0.25, -0.2) is 4.39 Å². The molecule has 1 saturated heterocycles. The van der Waals surface area contributed by atoms with Crippen molar-refractivity contribution in [2.24, 2.45) is 5.92 Å². The lowest BCUT2D eigenvalue weighted by atomic mass is 9.77.